The number of likely N-dealkylation sites (tertiary alicyclic amines) is 1. The highest BCUT2D eigenvalue weighted by atomic mass is 16.2. The number of carbonyl (C=O) groups is 2. The van der Waals surface area contributed by atoms with Crippen molar-refractivity contribution in [2.75, 3.05) is 18.4 Å². The molecule has 0 atom stereocenters. The van der Waals surface area contributed by atoms with Crippen LogP contribution in [0, 0.1) is 0 Å². The van der Waals surface area contributed by atoms with Gasteiger partial charge in [-0.15, -0.1) is 0 Å². The average Bonchev–Trinajstić information content (AvgIpc) is 3.18. The van der Waals surface area contributed by atoms with Crippen molar-refractivity contribution in [3.05, 3.63) is 47.8 Å². The second-order valence-corrected chi connectivity index (χ2v) is 5.43. The van der Waals surface area contributed by atoms with E-state index in [9.17, 15) is 9.59 Å². The quantitative estimate of drug-likeness (QED) is 0.941. The van der Waals surface area contributed by atoms with Crippen molar-refractivity contribution >= 4 is 17.5 Å². The van der Waals surface area contributed by atoms with E-state index >= 15 is 0 Å². The number of amides is 2. The monoisotopic (exact) mass is 298 g/mol. The molecule has 2 aromatic rings. The van der Waals surface area contributed by atoms with Gasteiger partial charge in [0.1, 0.15) is 0 Å². The summed E-state index contributed by atoms with van der Waals surface area (Å²) < 4.78 is 1.58. The van der Waals surface area contributed by atoms with Crippen LogP contribution in [-0.4, -0.2) is 39.6 Å². The third kappa shape index (κ3) is 3.00. The fourth-order valence-corrected chi connectivity index (χ4v) is 2.54. The maximum Gasteiger partial charge on any atom is 0.258 e. The molecular weight excluding hydrogens is 280 g/mol. The Morgan fingerprint density at radius 1 is 1.09 bits per heavy atom. The molecule has 6 heteroatoms. The van der Waals surface area contributed by atoms with Gasteiger partial charge in [0.25, 0.3) is 11.8 Å². The highest BCUT2D eigenvalue weighted by Gasteiger charge is 2.19. The molecule has 114 valence electrons. The van der Waals surface area contributed by atoms with E-state index in [4.69, 9.17) is 0 Å². The number of aryl methyl sites for hydroxylation is 1. The first-order valence-electron chi connectivity index (χ1n) is 7.33. The maximum atomic E-state index is 12.2. The first-order chi connectivity index (χ1) is 10.6. The molecule has 0 radical (unpaired) electrons. The van der Waals surface area contributed by atoms with Crippen LogP contribution in [0.2, 0.25) is 0 Å². The van der Waals surface area contributed by atoms with Crippen LogP contribution in [0.25, 0.3) is 0 Å². The number of hydrogen-bond acceptors (Lipinski definition) is 3. The number of benzene rings is 1. The Hall–Kier alpha value is -2.63. The predicted molar refractivity (Wildman–Crippen MR) is 82.7 cm³/mol. The van der Waals surface area contributed by atoms with Crippen LogP contribution in [0.1, 0.15) is 33.6 Å². The summed E-state index contributed by atoms with van der Waals surface area (Å²) in [4.78, 5) is 26.1. The van der Waals surface area contributed by atoms with Crippen molar-refractivity contribution in [2.45, 2.75) is 12.8 Å². The molecule has 0 unspecified atom stereocenters. The Kier molecular flexibility index (Phi) is 3.91. The van der Waals surface area contributed by atoms with E-state index in [1.807, 2.05) is 4.90 Å². The number of aromatic nitrogens is 2. The van der Waals surface area contributed by atoms with Gasteiger partial charge in [0.2, 0.25) is 0 Å². The zero-order chi connectivity index (χ0) is 15.5. The van der Waals surface area contributed by atoms with Crippen molar-refractivity contribution in [1.29, 1.82) is 0 Å². The smallest absolute Gasteiger partial charge is 0.258 e. The van der Waals surface area contributed by atoms with Crippen LogP contribution in [-0.2, 0) is 7.05 Å². The molecule has 0 bridgehead atoms. The van der Waals surface area contributed by atoms with Crippen molar-refractivity contribution < 1.29 is 9.59 Å². The van der Waals surface area contributed by atoms with Gasteiger partial charge in [-0.3, -0.25) is 14.3 Å². The molecule has 2 heterocycles. The Bertz CT molecular complexity index is 684. The van der Waals surface area contributed by atoms with Crippen LogP contribution < -0.4 is 5.32 Å². The topological polar surface area (TPSA) is 67.2 Å². The summed E-state index contributed by atoms with van der Waals surface area (Å²) in [6.45, 7) is 1.66. The molecule has 1 aromatic carbocycles. The van der Waals surface area contributed by atoms with Crippen molar-refractivity contribution in [2.24, 2.45) is 7.05 Å². The van der Waals surface area contributed by atoms with Gasteiger partial charge < -0.3 is 10.2 Å². The van der Waals surface area contributed by atoms with Crippen LogP contribution in [0.15, 0.2) is 36.7 Å². The van der Waals surface area contributed by atoms with Gasteiger partial charge in [0.05, 0.1) is 11.8 Å². The van der Waals surface area contributed by atoms with E-state index in [1.165, 1.54) is 6.20 Å². The Morgan fingerprint density at radius 2 is 1.77 bits per heavy atom. The Labute approximate surface area is 128 Å². The van der Waals surface area contributed by atoms with Gasteiger partial charge in [-0.25, -0.2) is 0 Å². The summed E-state index contributed by atoms with van der Waals surface area (Å²) in [5.74, 6) is -0.158. The number of nitrogens with one attached hydrogen (secondary N) is 1. The van der Waals surface area contributed by atoms with Crippen LogP contribution in [0.5, 0.6) is 0 Å². The van der Waals surface area contributed by atoms with Gasteiger partial charge in [-0.2, -0.15) is 5.10 Å². The normalized spacial score (nSPS) is 14.1. The molecule has 1 aliphatic rings. The third-order valence-electron chi connectivity index (χ3n) is 3.75. The second kappa shape index (κ2) is 6.01. The minimum atomic E-state index is -0.216. The number of hydrogen-bond donors (Lipinski definition) is 1. The highest BCUT2D eigenvalue weighted by molar-refractivity contribution is 6.04. The molecule has 1 N–H and O–H groups in total. The highest BCUT2D eigenvalue weighted by Crippen LogP contribution is 2.16. The molecule has 1 saturated heterocycles. The molecule has 2 amide bonds. The second-order valence-electron chi connectivity index (χ2n) is 5.43. The summed E-state index contributed by atoms with van der Waals surface area (Å²) in [5.41, 5.74) is 1.81. The van der Waals surface area contributed by atoms with E-state index < -0.39 is 0 Å². The van der Waals surface area contributed by atoms with Gasteiger partial charge in [-0.05, 0) is 37.1 Å². The number of carbonyl (C=O) groups excluding carboxylic acids is 2. The number of nitrogens with zero attached hydrogens (tertiary/aromatic N) is 3. The standard InChI is InChI=1S/C16H18N4O2/c1-19-11-13(10-17-19)15(21)18-14-6-4-12(5-7-14)16(22)20-8-2-3-9-20/h4-7,10-11H,2-3,8-9H2,1H3,(H,18,21). The lowest BCUT2D eigenvalue weighted by molar-refractivity contribution is 0.0792. The van der Waals surface area contributed by atoms with Gasteiger partial charge in [0, 0.05) is 37.6 Å². The largest absolute Gasteiger partial charge is 0.339 e. The van der Waals surface area contributed by atoms with E-state index in [0.717, 1.165) is 25.9 Å². The molecule has 3 rings (SSSR count). The summed E-state index contributed by atoms with van der Waals surface area (Å²) in [7, 11) is 1.76. The lowest BCUT2D eigenvalue weighted by Gasteiger charge is -2.15. The molecule has 22 heavy (non-hydrogen) atoms. The average molecular weight is 298 g/mol. The van der Waals surface area contributed by atoms with Gasteiger partial charge in [-0.1, -0.05) is 0 Å². The van der Waals surface area contributed by atoms with Crippen LogP contribution in [0.3, 0.4) is 0 Å². The number of anilines is 1. The zero-order valence-electron chi connectivity index (χ0n) is 12.5. The zero-order valence-corrected chi connectivity index (χ0v) is 12.5. The Balaban J connectivity index is 1.66. The predicted octanol–water partition coefficient (Wildman–Crippen LogP) is 1.91. The van der Waals surface area contributed by atoms with Crippen molar-refractivity contribution in [3.63, 3.8) is 0 Å². The lowest BCUT2D eigenvalue weighted by atomic mass is 10.2. The van der Waals surface area contributed by atoms with Gasteiger partial charge in [0.15, 0.2) is 0 Å². The van der Waals surface area contributed by atoms with E-state index in [-0.39, 0.29) is 11.8 Å². The Morgan fingerprint density at radius 3 is 2.36 bits per heavy atom. The minimum absolute atomic E-state index is 0.0580. The summed E-state index contributed by atoms with van der Waals surface area (Å²) in [6.07, 6.45) is 5.32. The molecular formula is C16H18N4O2. The molecule has 0 aliphatic carbocycles. The fourth-order valence-electron chi connectivity index (χ4n) is 2.54. The summed E-state index contributed by atoms with van der Waals surface area (Å²) in [5, 5.41) is 6.76. The molecule has 0 saturated carbocycles. The first-order valence-corrected chi connectivity index (χ1v) is 7.33. The van der Waals surface area contributed by atoms with Gasteiger partial charge >= 0.3 is 0 Å². The molecule has 0 spiro atoms. The molecule has 1 aromatic heterocycles. The minimum Gasteiger partial charge on any atom is -0.339 e. The molecule has 1 aliphatic heterocycles. The van der Waals surface area contributed by atoms with E-state index in [0.29, 0.717) is 16.8 Å². The fraction of sp³-hybridized carbons (Fsp3) is 0.312. The molecule has 6 nitrogen and oxygen atoms in total. The van der Waals surface area contributed by atoms with E-state index in [2.05, 4.69) is 10.4 Å². The van der Waals surface area contributed by atoms with Crippen LogP contribution in [0.4, 0.5) is 5.69 Å². The van der Waals surface area contributed by atoms with Crippen molar-refractivity contribution in [3.8, 4) is 0 Å². The summed E-state index contributed by atoms with van der Waals surface area (Å²) in [6, 6.07) is 6.99. The van der Waals surface area contributed by atoms with Crippen LogP contribution >= 0.6 is 0 Å². The summed E-state index contributed by atoms with van der Waals surface area (Å²) >= 11 is 0. The lowest BCUT2D eigenvalue weighted by Crippen LogP contribution is -2.27. The maximum absolute atomic E-state index is 12.2. The van der Waals surface area contributed by atoms with E-state index in [1.54, 1.807) is 42.2 Å². The number of rotatable bonds is 3. The third-order valence-corrected chi connectivity index (χ3v) is 3.75. The SMILES string of the molecule is Cn1cc(C(=O)Nc2ccc(C(=O)N3CCCC3)cc2)cn1. The molecule has 1 fully saturated rings. The first kappa shape index (κ1) is 14.3. The van der Waals surface area contributed by atoms with Crippen molar-refractivity contribution in [1.82, 2.24) is 14.7 Å².